The Bertz CT molecular complexity index is 743. The molecule has 2 aromatic rings. The van der Waals surface area contributed by atoms with Crippen molar-refractivity contribution in [2.24, 2.45) is 5.92 Å². The molecular weight excluding hydrogens is 344 g/mol. The van der Waals surface area contributed by atoms with E-state index in [9.17, 15) is 0 Å². The molecule has 140 valence electrons. The number of hydrogen-bond acceptors (Lipinski definition) is 4. The molecule has 1 saturated carbocycles. The van der Waals surface area contributed by atoms with Crippen molar-refractivity contribution >= 4 is 11.3 Å². The third kappa shape index (κ3) is 3.60. The van der Waals surface area contributed by atoms with E-state index in [0.717, 1.165) is 40.6 Å². The molecule has 1 saturated heterocycles. The molecule has 0 bridgehead atoms. The number of nitrogens with zero attached hydrogens (tertiary/aromatic N) is 1. The summed E-state index contributed by atoms with van der Waals surface area (Å²) in [6.07, 6.45) is 8.54. The number of methoxy groups -OCH3 is 2. The summed E-state index contributed by atoms with van der Waals surface area (Å²) in [4.78, 5) is 6.71. The Morgan fingerprint density at radius 3 is 2.73 bits per heavy atom. The van der Waals surface area contributed by atoms with Gasteiger partial charge in [0.05, 0.1) is 26.8 Å². The van der Waals surface area contributed by atoms with Crippen molar-refractivity contribution in [3.05, 3.63) is 29.3 Å². The van der Waals surface area contributed by atoms with Crippen molar-refractivity contribution < 1.29 is 14.4 Å². The summed E-state index contributed by atoms with van der Waals surface area (Å²) in [5.74, 6) is 2.47. The van der Waals surface area contributed by atoms with E-state index in [1.165, 1.54) is 50.8 Å². The first-order valence-electron chi connectivity index (χ1n) is 9.80. The number of thiazole rings is 1. The highest BCUT2D eigenvalue weighted by molar-refractivity contribution is 7.13. The normalized spacial score (nSPS) is 25.5. The highest BCUT2D eigenvalue weighted by Crippen LogP contribution is 2.33. The van der Waals surface area contributed by atoms with Gasteiger partial charge in [-0.1, -0.05) is 6.42 Å². The highest BCUT2D eigenvalue weighted by atomic mass is 32.1. The van der Waals surface area contributed by atoms with E-state index in [4.69, 9.17) is 14.5 Å². The fourth-order valence-electron chi connectivity index (χ4n) is 4.81. The van der Waals surface area contributed by atoms with Crippen LogP contribution in [0.5, 0.6) is 11.5 Å². The first kappa shape index (κ1) is 17.8. The molecule has 1 aliphatic carbocycles. The van der Waals surface area contributed by atoms with Gasteiger partial charge >= 0.3 is 0 Å². The lowest BCUT2D eigenvalue weighted by molar-refractivity contribution is -0.949. The molecule has 26 heavy (non-hydrogen) atoms. The van der Waals surface area contributed by atoms with Crippen LogP contribution in [0.3, 0.4) is 0 Å². The van der Waals surface area contributed by atoms with Gasteiger partial charge in [0.1, 0.15) is 17.2 Å². The summed E-state index contributed by atoms with van der Waals surface area (Å²) >= 11 is 1.73. The lowest BCUT2D eigenvalue weighted by Crippen LogP contribution is -3.16. The molecule has 5 heteroatoms. The minimum absolute atomic E-state index is 0.758. The van der Waals surface area contributed by atoms with Crippen LogP contribution in [0.1, 0.15) is 44.2 Å². The van der Waals surface area contributed by atoms with Gasteiger partial charge in [-0.25, -0.2) is 4.98 Å². The maximum atomic E-state index is 5.43. The fraction of sp³-hybridized carbons (Fsp3) is 0.571. The molecule has 4 rings (SSSR count). The van der Waals surface area contributed by atoms with Crippen molar-refractivity contribution in [3.63, 3.8) is 0 Å². The number of benzene rings is 1. The van der Waals surface area contributed by atoms with E-state index < -0.39 is 0 Å². The van der Waals surface area contributed by atoms with Gasteiger partial charge in [0.15, 0.2) is 11.5 Å². The molecule has 1 N–H and O–H groups in total. The Hall–Kier alpha value is -1.59. The number of ether oxygens (including phenoxy) is 2. The zero-order valence-corrected chi connectivity index (χ0v) is 16.6. The van der Waals surface area contributed by atoms with Crippen LogP contribution in [0, 0.1) is 5.92 Å². The molecule has 3 atom stereocenters. The summed E-state index contributed by atoms with van der Waals surface area (Å²) in [6.45, 7) is 2.38. The first-order chi connectivity index (χ1) is 12.8. The Kier molecular flexibility index (Phi) is 5.46. The Morgan fingerprint density at radius 1 is 1.08 bits per heavy atom. The molecule has 0 amide bonds. The van der Waals surface area contributed by atoms with Gasteiger partial charge in [0, 0.05) is 16.9 Å². The van der Waals surface area contributed by atoms with Gasteiger partial charge < -0.3 is 14.4 Å². The topological polar surface area (TPSA) is 35.8 Å². The quantitative estimate of drug-likeness (QED) is 0.870. The molecule has 1 aliphatic heterocycles. The predicted molar refractivity (Wildman–Crippen MR) is 105 cm³/mol. The largest absolute Gasteiger partial charge is 0.493 e. The van der Waals surface area contributed by atoms with Gasteiger partial charge in [-0.05, 0) is 50.3 Å². The van der Waals surface area contributed by atoms with Crippen LogP contribution in [0.25, 0.3) is 10.6 Å². The van der Waals surface area contributed by atoms with E-state index >= 15 is 0 Å². The molecular formula is C21H29N2O2S+. The molecule has 1 unspecified atom stereocenters. The second-order valence-corrected chi connectivity index (χ2v) is 8.45. The average molecular weight is 374 g/mol. The highest BCUT2D eigenvalue weighted by Gasteiger charge is 2.36. The first-order valence-corrected chi connectivity index (χ1v) is 10.7. The fourth-order valence-corrected chi connectivity index (χ4v) is 5.63. The number of nitrogens with one attached hydrogen (secondary N) is 1. The van der Waals surface area contributed by atoms with Crippen LogP contribution >= 0.6 is 11.3 Å². The lowest BCUT2D eigenvalue weighted by atomic mass is 9.78. The standard InChI is InChI=1S/C21H28N2O2S/c1-24-19-10-9-16(12-20(19)25-2)21-22-17(14-26-21)13-23-11-5-7-15-6-3-4-8-18(15)23/h9-10,12,14-15,18H,3-8,11,13H2,1-2H3/p+1/t15-,18+/m1/s1. The number of rotatable bonds is 5. The Labute approximate surface area is 160 Å². The molecule has 0 spiro atoms. The van der Waals surface area contributed by atoms with Crippen LogP contribution in [0.4, 0.5) is 0 Å². The molecule has 1 aromatic heterocycles. The minimum atomic E-state index is 0.758. The van der Waals surface area contributed by atoms with Crippen molar-refractivity contribution in [3.8, 4) is 22.1 Å². The Balaban J connectivity index is 1.49. The van der Waals surface area contributed by atoms with E-state index in [-0.39, 0.29) is 0 Å². The molecule has 2 fully saturated rings. The SMILES string of the molecule is COc1ccc(-c2nc(C[NH+]3CCC[C@H]4CCCC[C@@H]43)cs2)cc1OC. The molecule has 2 heterocycles. The number of piperidine rings is 1. The summed E-state index contributed by atoms with van der Waals surface area (Å²) in [7, 11) is 3.34. The van der Waals surface area contributed by atoms with Gasteiger partial charge in [0.25, 0.3) is 0 Å². The monoisotopic (exact) mass is 373 g/mol. The van der Waals surface area contributed by atoms with E-state index in [1.807, 2.05) is 12.1 Å². The van der Waals surface area contributed by atoms with Crippen LogP contribution in [-0.2, 0) is 6.54 Å². The average Bonchev–Trinajstić information content (AvgIpc) is 3.16. The zero-order valence-electron chi connectivity index (χ0n) is 15.8. The molecule has 2 aliphatic rings. The van der Waals surface area contributed by atoms with Crippen LogP contribution in [0.15, 0.2) is 23.6 Å². The third-order valence-electron chi connectivity index (χ3n) is 6.10. The smallest absolute Gasteiger partial charge is 0.161 e. The molecule has 1 aromatic carbocycles. The number of aromatic nitrogens is 1. The minimum Gasteiger partial charge on any atom is -0.493 e. The van der Waals surface area contributed by atoms with E-state index in [2.05, 4.69) is 11.4 Å². The number of likely N-dealkylation sites (tertiary alicyclic amines) is 1. The van der Waals surface area contributed by atoms with Crippen LogP contribution < -0.4 is 14.4 Å². The maximum absolute atomic E-state index is 5.43. The van der Waals surface area contributed by atoms with Crippen molar-refractivity contribution in [1.82, 2.24) is 4.98 Å². The number of fused-ring (bicyclic) bond motifs is 1. The van der Waals surface area contributed by atoms with Crippen LogP contribution in [-0.4, -0.2) is 31.8 Å². The van der Waals surface area contributed by atoms with E-state index in [0.29, 0.717) is 0 Å². The predicted octanol–water partition coefficient (Wildman–Crippen LogP) is 3.56. The van der Waals surface area contributed by atoms with Crippen molar-refractivity contribution in [1.29, 1.82) is 0 Å². The second-order valence-electron chi connectivity index (χ2n) is 7.59. The van der Waals surface area contributed by atoms with Crippen molar-refractivity contribution in [2.45, 2.75) is 51.1 Å². The summed E-state index contributed by atoms with van der Waals surface area (Å²) in [5, 5.41) is 3.31. The molecule has 0 radical (unpaired) electrons. The molecule has 4 nitrogen and oxygen atoms in total. The zero-order chi connectivity index (χ0) is 17.9. The maximum Gasteiger partial charge on any atom is 0.161 e. The van der Waals surface area contributed by atoms with Gasteiger partial charge in [-0.3, -0.25) is 0 Å². The third-order valence-corrected chi connectivity index (χ3v) is 7.04. The van der Waals surface area contributed by atoms with Gasteiger partial charge in [0.2, 0.25) is 0 Å². The van der Waals surface area contributed by atoms with Gasteiger partial charge in [-0.2, -0.15) is 0 Å². The number of hydrogen-bond donors (Lipinski definition) is 1. The van der Waals surface area contributed by atoms with E-state index in [1.54, 1.807) is 30.5 Å². The summed E-state index contributed by atoms with van der Waals surface area (Å²) in [6, 6.07) is 6.91. The summed E-state index contributed by atoms with van der Waals surface area (Å²) < 4.78 is 10.8. The lowest BCUT2D eigenvalue weighted by Gasteiger charge is -2.40. The van der Waals surface area contributed by atoms with Crippen LogP contribution in [0.2, 0.25) is 0 Å². The second kappa shape index (κ2) is 7.97. The van der Waals surface area contributed by atoms with Crippen molar-refractivity contribution in [2.75, 3.05) is 20.8 Å². The van der Waals surface area contributed by atoms with Gasteiger partial charge in [-0.15, -0.1) is 11.3 Å². The summed E-state index contributed by atoms with van der Waals surface area (Å²) in [5.41, 5.74) is 2.34. The Morgan fingerprint density at radius 2 is 1.88 bits per heavy atom. The number of quaternary nitrogens is 1.